The minimum atomic E-state index is -3.14. The summed E-state index contributed by atoms with van der Waals surface area (Å²) in [4.78, 5) is 14.7. The van der Waals surface area contributed by atoms with E-state index in [4.69, 9.17) is 27.9 Å². The number of rotatable bonds is 6. The first-order chi connectivity index (χ1) is 14.4. The number of hydrogen-bond acceptors (Lipinski definition) is 4. The lowest BCUT2D eigenvalue weighted by molar-refractivity contribution is -0.136. The standard InChI is InChI=1S/C23H27Cl2NO4S/c1-23(2,3)17-6-4-16(5-7-17)13-26(19-10-11-31(28,29)15-19)22(27)14-30-21-9-8-18(24)12-20(21)25/h4-9,12,19H,10-11,13-15H2,1-3H3/t19-/m1/s1. The molecule has 31 heavy (non-hydrogen) atoms. The van der Waals surface area contributed by atoms with Crippen LogP contribution in [0.2, 0.25) is 10.0 Å². The van der Waals surface area contributed by atoms with Gasteiger partial charge in [0.1, 0.15) is 5.75 Å². The molecule has 1 aliphatic rings. The zero-order valence-corrected chi connectivity index (χ0v) is 20.2. The number of carbonyl (C=O) groups is 1. The maximum atomic E-state index is 13.1. The summed E-state index contributed by atoms with van der Waals surface area (Å²) in [6.07, 6.45) is 0.426. The van der Waals surface area contributed by atoms with E-state index in [1.165, 1.54) is 5.56 Å². The number of halogens is 2. The Kier molecular flexibility index (Phi) is 7.24. The molecular formula is C23H27Cl2NO4S. The average molecular weight is 484 g/mol. The van der Waals surface area contributed by atoms with Gasteiger partial charge in [0.15, 0.2) is 16.4 Å². The minimum Gasteiger partial charge on any atom is -0.482 e. The van der Waals surface area contributed by atoms with Gasteiger partial charge in [-0.25, -0.2) is 8.42 Å². The van der Waals surface area contributed by atoms with Crippen LogP contribution in [0.3, 0.4) is 0 Å². The molecule has 0 radical (unpaired) electrons. The second kappa shape index (κ2) is 9.39. The molecule has 1 saturated heterocycles. The van der Waals surface area contributed by atoms with Gasteiger partial charge in [-0.15, -0.1) is 0 Å². The number of sulfone groups is 1. The number of carbonyl (C=O) groups excluding carboxylic acids is 1. The van der Waals surface area contributed by atoms with E-state index >= 15 is 0 Å². The molecule has 0 bridgehead atoms. The smallest absolute Gasteiger partial charge is 0.261 e. The lowest BCUT2D eigenvalue weighted by Crippen LogP contribution is -2.43. The van der Waals surface area contributed by atoms with Crippen molar-refractivity contribution in [1.29, 1.82) is 0 Å². The fraction of sp³-hybridized carbons (Fsp3) is 0.435. The quantitative estimate of drug-likeness (QED) is 0.586. The Morgan fingerprint density at radius 1 is 1.13 bits per heavy atom. The highest BCUT2D eigenvalue weighted by Crippen LogP contribution is 2.28. The van der Waals surface area contributed by atoms with Crippen LogP contribution in [-0.2, 0) is 26.6 Å². The van der Waals surface area contributed by atoms with Gasteiger partial charge in [0.25, 0.3) is 5.91 Å². The fourth-order valence-corrected chi connectivity index (χ4v) is 5.76. The van der Waals surface area contributed by atoms with Crippen molar-refractivity contribution in [2.24, 2.45) is 0 Å². The van der Waals surface area contributed by atoms with Crippen molar-refractivity contribution in [3.05, 3.63) is 63.6 Å². The Morgan fingerprint density at radius 3 is 2.35 bits per heavy atom. The van der Waals surface area contributed by atoms with Gasteiger partial charge in [0, 0.05) is 17.6 Å². The molecule has 1 aliphatic heterocycles. The number of nitrogens with zero attached hydrogens (tertiary/aromatic N) is 1. The van der Waals surface area contributed by atoms with Crippen molar-refractivity contribution in [3.8, 4) is 5.75 Å². The molecule has 1 amide bonds. The lowest BCUT2D eigenvalue weighted by atomic mass is 9.86. The van der Waals surface area contributed by atoms with Gasteiger partial charge in [-0.1, -0.05) is 68.2 Å². The summed E-state index contributed by atoms with van der Waals surface area (Å²) in [5.74, 6) is 0.135. The van der Waals surface area contributed by atoms with E-state index in [2.05, 4.69) is 20.8 Å². The molecule has 5 nitrogen and oxygen atoms in total. The first kappa shape index (κ1) is 23.9. The third-order valence-corrected chi connectivity index (χ3v) is 7.67. The van der Waals surface area contributed by atoms with Crippen molar-refractivity contribution in [2.75, 3.05) is 18.1 Å². The van der Waals surface area contributed by atoms with Crippen LogP contribution in [0.5, 0.6) is 5.75 Å². The first-order valence-corrected chi connectivity index (χ1v) is 12.7. The Labute approximate surface area is 194 Å². The number of benzene rings is 2. The molecule has 1 heterocycles. The highest BCUT2D eigenvalue weighted by Gasteiger charge is 2.35. The van der Waals surface area contributed by atoms with Gasteiger partial charge in [-0.3, -0.25) is 4.79 Å². The van der Waals surface area contributed by atoms with Crippen LogP contribution in [0.4, 0.5) is 0 Å². The largest absolute Gasteiger partial charge is 0.482 e. The molecule has 0 spiro atoms. The van der Waals surface area contributed by atoms with Crippen LogP contribution in [0, 0.1) is 0 Å². The van der Waals surface area contributed by atoms with E-state index in [0.29, 0.717) is 28.8 Å². The Morgan fingerprint density at radius 2 is 1.81 bits per heavy atom. The van der Waals surface area contributed by atoms with Crippen LogP contribution >= 0.6 is 23.2 Å². The van der Waals surface area contributed by atoms with Gasteiger partial charge in [0.2, 0.25) is 0 Å². The summed E-state index contributed by atoms with van der Waals surface area (Å²) in [7, 11) is -3.14. The number of ether oxygens (including phenoxy) is 1. The molecule has 0 N–H and O–H groups in total. The Balaban J connectivity index is 1.76. The van der Waals surface area contributed by atoms with E-state index in [0.717, 1.165) is 5.56 Å². The fourth-order valence-electron chi connectivity index (χ4n) is 3.56. The summed E-state index contributed by atoms with van der Waals surface area (Å²) in [5.41, 5.74) is 2.16. The molecule has 1 fully saturated rings. The van der Waals surface area contributed by atoms with E-state index in [1.807, 2.05) is 24.3 Å². The van der Waals surface area contributed by atoms with Crippen molar-refractivity contribution in [2.45, 2.75) is 45.2 Å². The molecule has 2 aromatic rings. The molecular weight excluding hydrogens is 457 g/mol. The maximum Gasteiger partial charge on any atom is 0.261 e. The minimum absolute atomic E-state index is 0.0270. The van der Waals surface area contributed by atoms with Crippen molar-refractivity contribution in [1.82, 2.24) is 4.90 Å². The second-order valence-electron chi connectivity index (χ2n) is 8.89. The average Bonchev–Trinajstić information content (AvgIpc) is 3.04. The van der Waals surface area contributed by atoms with Gasteiger partial charge in [-0.2, -0.15) is 0 Å². The van der Waals surface area contributed by atoms with E-state index in [-0.39, 0.29) is 35.5 Å². The predicted molar refractivity (Wildman–Crippen MR) is 125 cm³/mol. The van der Waals surface area contributed by atoms with Crippen molar-refractivity contribution >= 4 is 38.9 Å². The molecule has 0 aromatic heterocycles. The molecule has 0 saturated carbocycles. The van der Waals surface area contributed by atoms with Crippen LogP contribution < -0.4 is 4.74 Å². The maximum absolute atomic E-state index is 13.1. The van der Waals surface area contributed by atoms with Crippen LogP contribution in [-0.4, -0.2) is 43.4 Å². The van der Waals surface area contributed by atoms with Gasteiger partial charge >= 0.3 is 0 Å². The van der Waals surface area contributed by atoms with Crippen LogP contribution in [0.15, 0.2) is 42.5 Å². The van der Waals surface area contributed by atoms with Crippen LogP contribution in [0.25, 0.3) is 0 Å². The normalized spacial score (nSPS) is 18.0. The van der Waals surface area contributed by atoms with Gasteiger partial charge in [-0.05, 0) is 41.2 Å². The summed E-state index contributed by atoms with van der Waals surface area (Å²) in [6, 6.07) is 12.5. The highest BCUT2D eigenvalue weighted by molar-refractivity contribution is 7.91. The molecule has 3 rings (SSSR count). The highest BCUT2D eigenvalue weighted by atomic mass is 35.5. The van der Waals surface area contributed by atoms with E-state index < -0.39 is 9.84 Å². The molecule has 1 atom stereocenters. The zero-order valence-electron chi connectivity index (χ0n) is 17.9. The lowest BCUT2D eigenvalue weighted by Gasteiger charge is -2.29. The predicted octanol–water partition coefficient (Wildman–Crippen LogP) is 4.89. The molecule has 8 heteroatoms. The Hall–Kier alpha value is -1.76. The summed E-state index contributed by atoms with van der Waals surface area (Å²) in [5, 5.41) is 0.785. The topological polar surface area (TPSA) is 63.7 Å². The third-order valence-electron chi connectivity index (χ3n) is 5.39. The van der Waals surface area contributed by atoms with E-state index in [1.54, 1.807) is 23.1 Å². The summed E-state index contributed by atoms with van der Waals surface area (Å²) in [6.45, 7) is 6.50. The second-order valence-corrected chi connectivity index (χ2v) is 12.0. The molecule has 2 aromatic carbocycles. The van der Waals surface area contributed by atoms with Crippen molar-refractivity contribution in [3.63, 3.8) is 0 Å². The molecule has 0 unspecified atom stereocenters. The van der Waals surface area contributed by atoms with Gasteiger partial charge in [0.05, 0.1) is 16.5 Å². The Bertz CT molecular complexity index is 1050. The zero-order chi connectivity index (χ0) is 22.8. The summed E-state index contributed by atoms with van der Waals surface area (Å²) >= 11 is 12.0. The third kappa shape index (κ3) is 6.37. The van der Waals surface area contributed by atoms with Gasteiger partial charge < -0.3 is 9.64 Å². The SMILES string of the molecule is CC(C)(C)c1ccc(CN(C(=O)COc2ccc(Cl)cc2Cl)[C@@H]2CCS(=O)(=O)C2)cc1. The van der Waals surface area contributed by atoms with Crippen LogP contribution in [0.1, 0.15) is 38.3 Å². The number of amides is 1. The number of hydrogen-bond donors (Lipinski definition) is 0. The monoisotopic (exact) mass is 483 g/mol. The molecule has 0 aliphatic carbocycles. The van der Waals surface area contributed by atoms with Crippen molar-refractivity contribution < 1.29 is 17.9 Å². The first-order valence-electron chi connectivity index (χ1n) is 10.1. The van der Waals surface area contributed by atoms with E-state index in [9.17, 15) is 13.2 Å². The molecule has 168 valence electrons. The summed E-state index contributed by atoms with van der Waals surface area (Å²) < 4.78 is 29.7.